The summed E-state index contributed by atoms with van der Waals surface area (Å²) in [5.74, 6) is 0. The van der Waals surface area contributed by atoms with Crippen LogP contribution in [0, 0.1) is 6.92 Å². The van der Waals surface area contributed by atoms with Crippen LogP contribution in [-0.4, -0.2) is 6.71 Å². The Bertz CT molecular complexity index is 4030. The first-order valence-corrected chi connectivity index (χ1v) is 27.3. The molecule has 2 aromatic heterocycles. The van der Waals surface area contributed by atoms with Gasteiger partial charge in [-0.2, -0.15) is 0 Å². The van der Waals surface area contributed by atoms with Crippen molar-refractivity contribution in [2.45, 2.75) is 85.5 Å². The Labute approximate surface area is 446 Å². The predicted molar refractivity (Wildman–Crippen MR) is 324 cm³/mol. The van der Waals surface area contributed by atoms with Crippen molar-refractivity contribution in [3.8, 4) is 11.1 Å². The van der Waals surface area contributed by atoms with Gasteiger partial charge in [0.2, 0.25) is 0 Å². The number of thiophene rings is 1. The van der Waals surface area contributed by atoms with Gasteiger partial charge in [0.15, 0.2) is 0 Å². The van der Waals surface area contributed by atoms with Crippen molar-refractivity contribution in [2.24, 2.45) is 0 Å². The maximum absolute atomic E-state index is 6.71. The third-order valence-electron chi connectivity index (χ3n) is 15.7. The summed E-state index contributed by atoms with van der Waals surface area (Å²) in [6.45, 7) is 23.0. The number of rotatable bonds is 6. The van der Waals surface area contributed by atoms with Crippen molar-refractivity contribution >= 4 is 117 Å². The second kappa shape index (κ2) is 17.1. The lowest BCUT2D eigenvalue weighted by Gasteiger charge is -2.44. The van der Waals surface area contributed by atoms with Crippen molar-refractivity contribution in [2.75, 3.05) is 14.7 Å². The summed E-state index contributed by atoms with van der Waals surface area (Å²) in [4.78, 5) is 7.65. The van der Waals surface area contributed by atoms with E-state index in [0.29, 0.717) is 0 Å². The Morgan fingerprint density at radius 2 is 1.09 bits per heavy atom. The van der Waals surface area contributed by atoms with Crippen LogP contribution >= 0.6 is 11.3 Å². The topological polar surface area (TPSA) is 22.9 Å². The van der Waals surface area contributed by atoms with Crippen LogP contribution in [0.4, 0.5) is 51.2 Å². The molecule has 368 valence electrons. The molecule has 0 radical (unpaired) electrons. The van der Waals surface area contributed by atoms with Gasteiger partial charge in [0.25, 0.3) is 6.71 Å². The number of furan rings is 1. The number of fused-ring (bicyclic) bond motifs is 9. The van der Waals surface area contributed by atoms with E-state index in [2.05, 4.69) is 278 Å². The van der Waals surface area contributed by atoms with Crippen molar-refractivity contribution in [3.63, 3.8) is 0 Å². The average Bonchev–Trinajstić information content (AvgIpc) is 3.97. The molecule has 0 atom stereocenters. The Hall–Kier alpha value is -7.80. The summed E-state index contributed by atoms with van der Waals surface area (Å²) in [5, 5.41) is 3.50. The molecule has 11 aromatic rings. The second-order valence-electron chi connectivity index (χ2n) is 23.9. The Kier molecular flexibility index (Phi) is 10.7. The van der Waals surface area contributed by atoms with Crippen LogP contribution in [0.3, 0.4) is 0 Å². The van der Waals surface area contributed by atoms with Gasteiger partial charge in [-0.1, -0.05) is 172 Å². The lowest BCUT2D eigenvalue weighted by Crippen LogP contribution is -2.60. The van der Waals surface area contributed by atoms with Crippen LogP contribution in [0.1, 0.15) is 84.6 Å². The monoisotopic (exact) mass is 991 g/mol. The third-order valence-corrected chi connectivity index (χ3v) is 17.0. The summed E-state index contributed by atoms with van der Waals surface area (Å²) in [5.41, 5.74) is 22.2. The van der Waals surface area contributed by atoms with Crippen molar-refractivity contribution in [1.82, 2.24) is 0 Å². The molecule has 4 heterocycles. The first-order chi connectivity index (χ1) is 36.0. The number of aryl methyl sites for hydroxylation is 1. The van der Waals surface area contributed by atoms with Crippen LogP contribution < -0.4 is 30.4 Å². The Morgan fingerprint density at radius 3 is 1.81 bits per heavy atom. The molecule has 2 aliphatic rings. The molecule has 75 heavy (non-hydrogen) atoms. The van der Waals surface area contributed by atoms with Crippen molar-refractivity contribution < 1.29 is 4.42 Å². The Morgan fingerprint density at radius 1 is 0.480 bits per heavy atom. The highest BCUT2D eigenvalue weighted by atomic mass is 32.1. The van der Waals surface area contributed by atoms with Crippen LogP contribution in [-0.2, 0) is 16.2 Å². The van der Waals surface area contributed by atoms with Crippen molar-refractivity contribution in [3.05, 3.63) is 216 Å². The molecule has 6 heteroatoms. The van der Waals surface area contributed by atoms with E-state index in [4.69, 9.17) is 4.42 Å². The molecule has 0 N–H and O–H groups in total. The molecule has 4 nitrogen and oxygen atoms in total. The fourth-order valence-corrected chi connectivity index (χ4v) is 13.2. The zero-order valence-electron chi connectivity index (χ0n) is 44.7. The van der Waals surface area contributed by atoms with Gasteiger partial charge < -0.3 is 19.1 Å². The number of hydrogen-bond acceptors (Lipinski definition) is 5. The summed E-state index contributed by atoms with van der Waals surface area (Å²) in [6, 6.07) is 72.8. The highest BCUT2D eigenvalue weighted by Gasteiger charge is 2.46. The van der Waals surface area contributed by atoms with E-state index in [9.17, 15) is 0 Å². The minimum atomic E-state index is -0.0529. The number of anilines is 9. The minimum Gasteiger partial charge on any atom is -0.456 e. The van der Waals surface area contributed by atoms with E-state index in [1.807, 2.05) is 11.3 Å². The molecule has 9 aromatic carbocycles. The summed E-state index contributed by atoms with van der Waals surface area (Å²) >= 11 is 1.96. The van der Waals surface area contributed by atoms with E-state index in [-0.39, 0.29) is 23.0 Å². The van der Waals surface area contributed by atoms with Crippen LogP contribution in [0.15, 0.2) is 199 Å². The molecule has 0 saturated heterocycles. The van der Waals surface area contributed by atoms with E-state index < -0.39 is 0 Å². The predicted octanol–water partition coefficient (Wildman–Crippen LogP) is 18.2. The van der Waals surface area contributed by atoms with Crippen LogP contribution in [0.5, 0.6) is 0 Å². The maximum atomic E-state index is 6.71. The molecule has 0 spiro atoms. The molecule has 13 rings (SSSR count). The molecule has 0 unspecified atom stereocenters. The third kappa shape index (κ3) is 7.70. The quantitative estimate of drug-likeness (QED) is 0.155. The molecule has 0 fully saturated rings. The van der Waals surface area contributed by atoms with E-state index in [1.165, 1.54) is 76.2 Å². The zero-order valence-corrected chi connectivity index (χ0v) is 45.5. The second-order valence-corrected chi connectivity index (χ2v) is 25.0. The maximum Gasteiger partial charge on any atom is 0.264 e. The minimum absolute atomic E-state index is 0.00545. The summed E-state index contributed by atoms with van der Waals surface area (Å²) < 4.78 is 9.37. The van der Waals surface area contributed by atoms with E-state index in [1.54, 1.807) is 0 Å². The fraction of sp³-hybridized carbons (Fsp3) is 0.188. The normalized spacial score (nSPS) is 13.4. The smallest absolute Gasteiger partial charge is 0.264 e. The average molecular weight is 992 g/mol. The van der Waals surface area contributed by atoms with Gasteiger partial charge in [-0.3, -0.25) is 0 Å². The van der Waals surface area contributed by atoms with Crippen molar-refractivity contribution in [1.29, 1.82) is 0 Å². The number of nitrogens with zero attached hydrogens (tertiary/aromatic N) is 3. The largest absolute Gasteiger partial charge is 0.456 e. The molecular weight excluding hydrogens is 930 g/mol. The molecule has 0 amide bonds. The first kappa shape index (κ1) is 47.0. The summed E-state index contributed by atoms with van der Waals surface area (Å²) in [7, 11) is 0. The molecular formula is C69H62BN3OS. The van der Waals surface area contributed by atoms with Gasteiger partial charge in [0.05, 0.1) is 22.4 Å². The highest BCUT2D eigenvalue weighted by Crippen LogP contribution is 2.52. The zero-order chi connectivity index (χ0) is 51.7. The van der Waals surface area contributed by atoms with E-state index >= 15 is 0 Å². The van der Waals surface area contributed by atoms with Crippen LogP contribution in [0.25, 0.3) is 43.2 Å². The van der Waals surface area contributed by atoms with Gasteiger partial charge in [0, 0.05) is 59.9 Å². The number of para-hydroxylation sites is 2. The van der Waals surface area contributed by atoms with Gasteiger partial charge in [-0.25, -0.2) is 0 Å². The molecule has 0 bridgehead atoms. The van der Waals surface area contributed by atoms with Gasteiger partial charge in [0.1, 0.15) is 11.2 Å². The molecule has 0 saturated carbocycles. The lowest BCUT2D eigenvalue weighted by atomic mass is 9.36. The lowest BCUT2D eigenvalue weighted by molar-refractivity contribution is 0.590. The van der Waals surface area contributed by atoms with Gasteiger partial charge in [-0.15, -0.1) is 11.3 Å². The highest BCUT2D eigenvalue weighted by molar-refractivity contribution is 7.33. The van der Waals surface area contributed by atoms with E-state index in [0.717, 1.165) is 56.1 Å². The summed E-state index contributed by atoms with van der Waals surface area (Å²) in [6.07, 6.45) is 0. The van der Waals surface area contributed by atoms with Gasteiger partial charge in [-0.05, 0) is 147 Å². The first-order valence-electron chi connectivity index (χ1n) is 26.5. The number of hydrogen-bond donors (Lipinski definition) is 0. The SMILES string of the molecule is Cc1cc2c3c(c1)N(c1cccc4oc5ccccc5c14)c1cc(N(c4ccc(C(C)(C)C)cc4)c4ccccc4-c4ccccc4)ccc1B3c1sc3ccc(C(C)(C)C)cc3c1N2c1ccc(C(C)(C)C)cc1. The fourth-order valence-electron chi connectivity index (χ4n) is 11.9. The molecule has 2 aliphatic heterocycles. The number of benzene rings is 9. The standard InChI is InChI=1S/C69H62BN3OS/c1-43-39-58-64-59(40-43)73(56-24-18-26-61-63(56)52-22-15-17-25-60(52)74-61)57-42-50(71(48-32-27-45(28-33-48)67(2,3)4)55-23-16-14-21-51(55)44-19-12-11-13-20-44)36-37-54(57)70(64)66-65(53-41-47(69(8,9)10)31-38-62(53)75-66)72(58)49-34-29-46(30-35-49)68(5,6)7/h11-42H,1-10H3. The molecule has 0 aliphatic carbocycles. The Balaban J connectivity index is 1.13. The van der Waals surface area contributed by atoms with Gasteiger partial charge >= 0.3 is 0 Å². The van der Waals surface area contributed by atoms with Crippen LogP contribution in [0.2, 0.25) is 0 Å².